The Bertz CT molecular complexity index is 1220. The number of fused-ring (bicyclic) bond motifs is 1. The molecule has 0 spiro atoms. The van der Waals surface area contributed by atoms with E-state index in [2.05, 4.69) is 10.3 Å². The lowest BCUT2D eigenvalue weighted by Crippen LogP contribution is -2.12. The van der Waals surface area contributed by atoms with Crippen LogP contribution in [0.3, 0.4) is 0 Å². The second kappa shape index (κ2) is 8.79. The molecule has 0 radical (unpaired) electrons. The van der Waals surface area contributed by atoms with Crippen LogP contribution in [0.4, 0.5) is 5.69 Å². The van der Waals surface area contributed by atoms with Crippen LogP contribution in [-0.4, -0.2) is 29.5 Å². The van der Waals surface area contributed by atoms with Crippen molar-refractivity contribution in [2.24, 2.45) is 0 Å². The maximum atomic E-state index is 12.5. The van der Waals surface area contributed by atoms with Gasteiger partial charge in [0.2, 0.25) is 0 Å². The summed E-state index contributed by atoms with van der Waals surface area (Å²) in [6.07, 6.45) is 3.98. The molecule has 7 heteroatoms. The van der Waals surface area contributed by atoms with E-state index >= 15 is 0 Å². The molecule has 0 fully saturated rings. The monoisotopic (exact) mass is 417 g/mol. The summed E-state index contributed by atoms with van der Waals surface area (Å²) in [5.74, 6) is 1.58. The number of ether oxygens (including phenoxy) is 3. The Morgan fingerprint density at radius 3 is 2.48 bits per heavy atom. The molecule has 0 aliphatic carbocycles. The molecule has 0 saturated heterocycles. The number of nitrogens with zero attached hydrogens (tertiary/aromatic N) is 2. The minimum Gasteiger partial charge on any atom is -0.493 e. The second-order valence-corrected chi connectivity index (χ2v) is 7.04. The predicted molar refractivity (Wildman–Crippen MR) is 118 cm³/mol. The van der Waals surface area contributed by atoms with Crippen molar-refractivity contribution < 1.29 is 19.0 Å². The zero-order valence-corrected chi connectivity index (χ0v) is 17.6. The van der Waals surface area contributed by atoms with Crippen LogP contribution in [0.25, 0.3) is 5.65 Å². The first kappa shape index (κ1) is 20.3. The van der Waals surface area contributed by atoms with Gasteiger partial charge in [-0.15, -0.1) is 0 Å². The van der Waals surface area contributed by atoms with Gasteiger partial charge in [-0.1, -0.05) is 6.07 Å². The van der Waals surface area contributed by atoms with Gasteiger partial charge in [0.15, 0.2) is 11.5 Å². The third kappa shape index (κ3) is 4.61. The van der Waals surface area contributed by atoms with E-state index in [1.807, 2.05) is 35.9 Å². The van der Waals surface area contributed by atoms with Crippen LogP contribution in [-0.2, 0) is 6.61 Å². The van der Waals surface area contributed by atoms with Crippen molar-refractivity contribution >= 4 is 17.2 Å². The van der Waals surface area contributed by atoms with Crippen LogP contribution >= 0.6 is 0 Å². The number of hydrogen-bond acceptors (Lipinski definition) is 5. The van der Waals surface area contributed by atoms with Crippen LogP contribution in [0.5, 0.6) is 17.2 Å². The topological polar surface area (TPSA) is 74.1 Å². The highest BCUT2D eigenvalue weighted by Crippen LogP contribution is 2.30. The summed E-state index contributed by atoms with van der Waals surface area (Å²) >= 11 is 0. The molecule has 2 aromatic carbocycles. The summed E-state index contributed by atoms with van der Waals surface area (Å²) in [4.78, 5) is 17.1. The Morgan fingerprint density at radius 2 is 1.74 bits per heavy atom. The van der Waals surface area contributed by atoms with E-state index < -0.39 is 0 Å². The van der Waals surface area contributed by atoms with Crippen LogP contribution in [0.15, 0.2) is 67.0 Å². The number of imidazole rings is 1. The summed E-state index contributed by atoms with van der Waals surface area (Å²) < 4.78 is 18.3. The van der Waals surface area contributed by atoms with Gasteiger partial charge in [-0.25, -0.2) is 4.98 Å². The highest BCUT2D eigenvalue weighted by Gasteiger charge is 2.10. The van der Waals surface area contributed by atoms with Crippen LogP contribution in [0.1, 0.15) is 21.6 Å². The zero-order chi connectivity index (χ0) is 21.8. The largest absolute Gasteiger partial charge is 0.493 e. The number of methoxy groups -OCH3 is 2. The molecule has 0 unspecified atom stereocenters. The molecule has 1 N–H and O–H groups in total. The van der Waals surface area contributed by atoms with E-state index in [0.29, 0.717) is 35.1 Å². The summed E-state index contributed by atoms with van der Waals surface area (Å²) in [5, 5.41) is 2.85. The first-order valence-electron chi connectivity index (χ1n) is 9.76. The Balaban J connectivity index is 1.38. The number of benzene rings is 2. The fraction of sp³-hybridized carbons (Fsp3) is 0.167. The van der Waals surface area contributed by atoms with Gasteiger partial charge in [0, 0.05) is 29.7 Å². The first-order valence-corrected chi connectivity index (χ1v) is 9.76. The van der Waals surface area contributed by atoms with Crippen LogP contribution < -0.4 is 19.5 Å². The van der Waals surface area contributed by atoms with E-state index in [1.165, 1.54) is 5.56 Å². The average molecular weight is 417 g/mol. The third-order valence-corrected chi connectivity index (χ3v) is 4.79. The Hall–Kier alpha value is -4.00. The van der Waals surface area contributed by atoms with Crippen molar-refractivity contribution in [2.75, 3.05) is 19.5 Å². The fourth-order valence-electron chi connectivity index (χ4n) is 3.20. The molecule has 0 aliphatic heterocycles. The molecular formula is C24H23N3O4. The number of amides is 1. The van der Waals surface area contributed by atoms with Gasteiger partial charge >= 0.3 is 0 Å². The Kier molecular flexibility index (Phi) is 5.75. The lowest BCUT2D eigenvalue weighted by molar-refractivity contribution is 0.102. The standard InChI is InChI=1S/C24H23N3O4/c1-16-4-11-23-25-19(14-27(23)13-16)15-31-20-8-5-17(6-9-20)24(28)26-18-7-10-21(29-2)22(12-18)30-3/h4-14H,15H2,1-3H3,(H,26,28). The second-order valence-electron chi connectivity index (χ2n) is 7.04. The molecule has 4 aromatic rings. The average Bonchev–Trinajstić information content (AvgIpc) is 3.20. The number of aromatic nitrogens is 2. The molecule has 31 heavy (non-hydrogen) atoms. The van der Waals surface area contributed by atoms with E-state index in [9.17, 15) is 4.79 Å². The Morgan fingerprint density at radius 1 is 0.968 bits per heavy atom. The van der Waals surface area contributed by atoms with E-state index in [4.69, 9.17) is 14.2 Å². The number of carbonyl (C=O) groups excluding carboxylic acids is 1. The van der Waals surface area contributed by atoms with Crippen LogP contribution in [0.2, 0.25) is 0 Å². The number of hydrogen-bond donors (Lipinski definition) is 1. The maximum absolute atomic E-state index is 12.5. The number of rotatable bonds is 7. The summed E-state index contributed by atoms with van der Waals surface area (Å²) in [6, 6.07) is 16.2. The van der Waals surface area contributed by atoms with E-state index in [1.54, 1.807) is 56.7 Å². The quantitative estimate of drug-likeness (QED) is 0.480. The molecule has 0 bridgehead atoms. The normalized spacial score (nSPS) is 10.7. The molecule has 2 heterocycles. The van der Waals surface area contributed by atoms with Gasteiger partial charge in [-0.05, 0) is 55.0 Å². The molecule has 0 aliphatic rings. The van der Waals surface area contributed by atoms with Crippen molar-refractivity contribution in [3.8, 4) is 17.2 Å². The summed E-state index contributed by atoms with van der Waals surface area (Å²) in [5.41, 5.74) is 4.02. The molecule has 0 saturated carbocycles. The molecule has 2 aromatic heterocycles. The van der Waals surface area contributed by atoms with Crippen LogP contribution in [0, 0.1) is 6.92 Å². The zero-order valence-electron chi connectivity index (χ0n) is 17.6. The van der Waals surface area contributed by atoms with Gasteiger partial charge in [0.1, 0.15) is 18.0 Å². The molecule has 7 nitrogen and oxygen atoms in total. The third-order valence-electron chi connectivity index (χ3n) is 4.79. The molecule has 1 amide bonds. The van der Waals surface area contributed by atoms with Crippen molar-refractivity contribution in [1.29, 1.82) is 0 Å². The lowest BCUT2D eigenvalue weighted by Gasteiger charge is -2.11. The van der Waals surface area contributed by atoms with Gasteiger partial charge in [0.05, 0.1) is 19.9 Å². The minimum absolute atomic E-state index is 0.227. The number of aryl methyl sites for hydroxylation is 1. The smallest absolute Gasteiger partial charge is 0.255 e. The maximum Gasteiger partial charge on any atom is 0.255 e. The summed E-state index contributed by atoms with van der Waals surface area (Å²) in [6.45, 7) is 2.39. The molecule has 4 rings (SSSR count). The van der Waals surface area contributed by atoms with Gasteiger partial charge in [0.25, 0.3) is 5.91 Å². The van der Waals surface area contributed by atoms with Crippen molar-refractivity contribution in [3.05, 3.63) is 83.8 Å². The van der Waals surface area contributed by atoms with Gasteiger partial charge < -0.3 is 23.9 Å². The summed E-state index contributed by atoms with van der Waals surface area (Å²) in [7, 11) is 3.12. The number of anilines is 1. The predicted octanol–water partition coefficient (Wildman–Crippen LogP) is 4.49. The highest BCUT2D eigenvalue weighted by molar-refractivity contribution is 6.04. The van der Waals surface area contributed by atoms with E-state index in [0.717, 1.165) is 11.3 Å². The Labute approximate surface area is 180 Å². The number of pyridine rings is 1. The number of carbonyl (C=O) groups is 1. The van der Waals surface area contributed by atoms with Crippen molar-refractivity contribution in [1.82, 2.24) is 9.38 Å². The van der Waals surface area contributed by atoms with Gasteiger partial charge in [-0.2, -0.15) is 0 Å². The number of nitrogens with one attached hydrogen (secondary N) is 1. The van der Waals surface area contributed by atoms with E-state index in [-0.39, 0.29) is 5.91 Å². The van der Waals surface area contributed by atoms with Gasteiger partial charge in [-0.3, -0.25) is 4.79 Å². The van der Waals surface area contributed by atoms with Crippen molar-refractivity contribution in [3.63, 3.8) is 0 Å². The minimum atomic E-state index is -0.227. The van der Waals surface area contributed by atoms with Crippen molar-refractivity contribution in [2.45, 2.75) is 13.5 Å². The lowest BCUT2D eigenvalue weighted by atomic mass is 10.2. The molecule has 0 atom stereocenters. The SMILES string of the molecule is COc1ccc(NC(=O)c2ccc(OCc3cn4cc(C)ccc4n3)cc2)cc1OC. The molecular weight excluding hydrogens is 394 g/mol. The first-order chi connectivity index (χ1) is 15.1. The fourth-order valence-corrected chi connectivity index (χ4v) is 3.20. The highest BCUT2D eigenvalue weighted by atomic mass is 16.5. The molecule has 158 valence electrons.